The van der Waals surface area contributed by atoms with E-state index in [-0.39, 0.29) is 33.2 Å². The Labute approximate surface area is 276 Å². The number of aliphatic hydroxyl groups is 1. The average Bonchev–Trinajstić information content (AvgIpc) is 3.33. The van der Waals surface area contributed by atoms with Gasteiger partial charge in [0.25, 0.3) is 12.9 Å². The molecular weight excluding hydrogens is 640 g/mol. The molecule has 2 fully saturated rings. The molecule has 1 unspecified atom stereocenters. The molecule has 2 aromatic rings. The highest BCUT2D eigenvalue weighted by atomic mass is 32.2. The highest BCUT2D eigenvalue weighted by Crippen LogP contribution is 2.39. The first-order chi connectivity index (χ1) is 21.5. The zero-order valence-electron chi connectivity index (χ0n) is 28.6. The summed E-state index contributed by atoms with van der Waals surface area (Å²) in [5.74, 6) is 0.0596. The maximum absolute atomic E-state index is 15.2. The minimum atomic E-state index is -4.02. The van der Waals surface area contributed by atoms with Crippen LogP contribution in [0.25, 0.3) is 0 Å². The summed E-state index contributed by atoms with van der Waals surface area (Å²) in [5.41, 5.74) is -3.96. The van der Waals surface area contributed by atoms with Gasteiger partial charge in [-0.2, -0.15) is 0 Å². The van der Waals surface area contributed by atoms with Crippen molar-refractivity contribution in [3.05, 3.63) is 47.5 Å². The maximum Gasteiger partial charge on any atom is 0.494 e. The fraction of sp³-hybridized carbons (Fsp3) is 0.625. The van der Waals surface area contributed by atoms with Crippen LogP contribution >= 0.6 is 0 Å². The number of rotatable bonds is 11. The lowest BCUT2D eigenvalue weighted by molar-refractivity contribution is -0.0986. The normalized spacial score (nSPS) is 20.9. The van der Waals surface area contributed by atoms with Gasteiger partial charge in [-0.05, 0) is 96.5 Å². The van der Waals surface area contributed by atoms with E-state index in [1.54, 1.807) is 55.4 Å². The lowest BCUT2D eigenvalue weighted by atomic mass is 9.78. The van der Waals surface area contributed by atoms with Crippen LogP contribution < -0.4 is 10.9 Å². The molecule has 15 heteroatoms. The molecule has 2 aliphatic heterocycles. The molecule has 2 saturated heterocycles. The lowest BCUT2D eigenvalue weighted by Gasteiger charge is -2.32. The largest absolute Gasteiger partial charge is 0.494 e. The molecule has 47 heavy (non-hydrogen) atoms. The molecule has 0 aliphatic carbocycles. The van der Waals surface area contributed by atoms with E-state index in [0.717, 1.165) is 12.1 Å². The van der Waals surface area contributed by atoms with Crippen molar-refractivity contribution in [3.8, 4) is 0 Å². The monoisotopic (exact) mass is 685 g/mol. The molecule has 0 amide bonds. The molecule has 1 atom stereocenters. The van der Waals surface area contributed by atoms with E-state index >= 15 is 4.21 Å². The third-order valence-electron chi connectivity index (χ3n) is 9.13. The van der Waals surface area contributed by atoms with Gasteiger partial charge in [-0.25, -0.2) is 26.1 Å². The molecule has 0 saturated carbocycles. The molecule has 2 heterocycles. The van der Waals surface area contributed by atoms with E-state index in [1.807, 2.05) is 13.8 Å². The van der Waals surface area contributed by atoms with E-state index in [1.165, 1.54) is 24.3 Å². The average molecular weight is 685 g/mol. The molecule has 1 N–H and O–H groups in total. The van der Waals surface area contributed by atoms with Gasteiger partial charge in [-0.1, -0.05) is 26.0 Å². The molecule has 0 aromatic heterocycles. The lowest BCUT2D eigenvalue weighted by Crippen LogP contribution is -2.41. The third kappa shape index (κ3) is 7.92. The molecule has 4 rings (SSSR count). The second kappa shape index (κ2) is 13.4. The van der Waals surface area contributed by atoms with Crippen LogP contribution in [0, 0.1) is 5.92 Å². The number of hydrogen-bond donors (Lipinski definition) is 1. The molecule has 8 nitrogen and oxygen atoms in total. The van der Waals surface area contributed by atoms with Crippen molar-refractivity contribution in [2.75, 3.05) is 13.2 Å². The quantitative estimate of drug-likeness (QED) is 0.175. The Morgan fingerprint density at radius 1 is 0.723 bits per heavy atom. The summed E-state index contributed by atoms with van der Waals surface area (Å²) in [6, 6.07) is 7.17. The number of halogens is 4. The van der Waals surface area contributed by atoms with E-state index < -0.39 is 83.2 Å². The second-order valence-electron chi connectivity index (χ2n) is 14.5. The number of benzene rings is 2. The first-order valence-electron chi connectivity index (χ1n) is 15.6. The van der Waals surface area contributed by atoms with Crippen molar-refractivity contribution in [1.29, 1.82) is 0 Å². The Morgan fingerprint density at radius 2 is 1.09 bits per heavy atom. The second-order valence-corrected chi connectivity index (χ2v) is 16.7. The Morgan fingerprint density at radius 3 is 1.40 bits per heavy atom. The zero-order valence-corrected chi connectivity index (χ0v) is 29.4. The van der Waals surface area contributed by atoms with Gasteiger partial charge in [0.05, 0.1) is 45.3 Å². The van der Waals surface area contributed by atoms with Gasteiger partial charge in [0, 0.05) is 11.1 Å². The molecular formula is C32H45B2F4NO7S. The van der Waals surface area contributed by atoms with Gasteiger partial charge in [-0.3, -0.25) is 0 Å². The first kappa shape index (κ1) is 37.8. The van der Waals surface area contributed by atoms with Crippen LogP contribution in [0.5, 0.6) is 0 Å². The molecule has 0 radical (unpaired) electrons. The summed E-state index contributed by atoms with van der Waals surface area (Å²) >= 11 is 0. The summed E-state index contributed by atoms with van der Waals surface area (Å²) in [5, 5.41) is 10.6. The Kier molecular flexibility index (Phi) is 10.8. The Bertz CT molecular complexity index is 1450. The fourth-order valence-corrected chi connectivity index (χ4v) is 7.00. The molecule has 0 spiro atoms. The van der Waals surface area contributed by atoms with E-state index in [9.17, 15) is 22.7 Å². The first-order valence-corrected chi connectivity index (χ1v) is 17.1. The van der Waals surface area contributed by atoms with Gasteiger partial charge >= 0.3 is 14.2 Å². The Hall–Kier alpha value is -2.00. The summed E-state index contributed by atoms with van der Waals surface area (Å²) in [7, 11) is -6.22. The standard InChI is InChI=1S/C32H45B2F4NO7S/c1-19(2)18-42-26(40)17-39-47(41,24-13-20(27(35)36)11-22(15-24)33-43-29(3,4)30(5,6)44-33)25-14-21(28(37)38)12-23(16-25)34-45-31(7,8)32(9,10)46-34/h11-16,19,26-28,40H,17-18H2,1-10H3. The number of hydrogen-bond acceptors (Lipinski definition) is 8. The van der Waals surface area contributed by atoms with E-state index in [4.69, 9.17) is 23.4 Å². The van der Waals surface area contributed by atoms with Crippen LogP contribution in [-0.2, 0) is 33.1 Å². The van der Waals surface area contributed by atoms with E-state index in [0.29, 0.717) is 0 Å². The number of ether oxygens (including phenoxy) is 1. The van der Waals surface area contributed by atoms with Crippen LogP contribution in [-0.4, -0.2) is 65.4 Å². The summed E-state index contributed by atoms with van der Waals surface area (Å²) in [6.45, 7) is 17.8. The highest BCUT2D eigenvalue weighted by molar-refractivity contribution is 7.93. The fourth-order valence-electron chi connectivity index (χ4n) is 4.90. The molecule has 2 aliphatic rings. The highest BCUT2D eigenvalue weighted by Gasteiger charge is 2.53. The minimum absolute atomic E-state index is 0.0596. The number of nitrogens with zero attached hydrogens (tertiary/aromatic N) is 1. The maximum atomic E-state index is 15.2. The van der Waals surface area contributed by atoms with Crippen molar-refractivity contribution >= 4 is 34.9 Å². The minimum Gasteiger partial charge on any atom is -0.399 e. The predicted octanol–water partition coefficient (Wildman–Crippen LogP) is 6.04. The molecule has 260 valence electrons. The van der Waals surface area contributed by atoms with Crippen molar-refractivity contribution in [2.24, 2.45) is 10.3 Å². The molecule has 2 aromatic carbocycles. The summed E-state index contributed by atoms with van der Waals surface area (Å²) < 4.78 is 107. The third-order valence-corrected chi connectivity index (χ3v) is 11.4. The SMILES string of the molecule is CC(C)COC(O)CN=S(=O)(c1cc(B2OC(C)(C)C(C)(C)O2)cc(C(F)F)c1)c1cc(B2OC(C)(C)C(C)(C)O2)cc(C(F)F)c1. The van der Waals surface area contributed by atoms with Gasteiger partial charge in [0.2, 0.25) is 0 Å². The predicted molar refractivity (Wildman–Crippen MR) is 173 cm³/mol. The molecule has 0 bridgehead atoms. The number of aliphatic hydroxyl groups excluding tert-OH is 1. The van der Waals surface area contributed by atoms with Crippen molar-refractivity contribution in [1.82, 2.24) is 0 Å². The smallest absolute Gasteiger partial charge is 0.399 e. The van der Waals surface area contributed by atoms with Crippen LogP contribution in [0.4, 0.5) is 17.6 Å². The van der Waals surface area contributed by atoms with Crippen molar-refractivity contribution < 1.29 is 50.2 Å². The van der Waals surface area contributed by atoms with Crippen LogP contribution in [0.15, 0.2) is 50.6 Å². The summed E-state index contributed by atoms with van der Waals surface area (Å²) in [6.07, 6.45) is -7.49. The van der Waals surface area contributed by atoms with Crippen LogP contribution in [0.3, 0.4) is 0 Å². The number of alkyl halides is 4. The Balaban J connectivity index is 1.94. The van der Waals surface area contributed by atoms with Gasteiger partial charge < -0.3 is 28.5 Å². The summed E-state index contributed by atoms with van der Waals surface area (Å²) in [4.78, 5) is -0.412. The van der Waals surface area contributed by atoms with Crippen LogP contribution in [0.1, 0.15) is 93.2 Å². The van der Waals surface area contributed by atoms with Crippen molar-refractivity contribution in [2.45, 2.75) is 121 Å². The van der Waals surface area contributed by atoms with Crippen LogP contribution in [0.2, 0.25) is 0 Å². The van der Waals surface area contributed by atoms with Gasteiger partial charge in [0.1, 0.15) is 9.73 Å². The zero-order chi connectivity index (χ0) is 35.3. The van der Waals surface area contributed by atoms with E-state index in [2.05, 4.69) is 4.36 Å². The topological polar surface area (TPSA) is 95.8 Å². The van der Waals surface area contributed by atoms with Gasteiger partial charge in [-0.15, -0.1) is 0 Å². The van der Waals surface area contributed by atoms with Gasteiger partial charge in [0.15, 0.2) is 6.29 Å². The van der Waals surface area contributed by atoms with Crippen molar-refractivity contribution in [3.63, 3.8) is 0 Å².